The zero-order chi connectivity index (χ0) is 15.1. The number of hydrogen-bond acceptors (Lipinski definition) is 1. The molecule has 0 unspecified atom stereocenters. The minimum absolute atomic E-state index is 0.939. The lowest BCUT2D eigenvalue weighted by atomic mass is 9.93. The number of rotatable bonds is 7. The van der Waals surface area contributed by atoms with Gasteiger partial charge >= 0.3 is 0 Å². The van der Waals surface area contributed by atoms with Crippen LogP contribution in [0.5, 0.6) is 0 Å². The molecule has 0 fully saturated rings. The Kier molecular flexibility index (Phi) is 6.30. The van der Waals surface area contributed by atoms with Gasteiger partial charge < -0.3 is 5.32 Å². The van der Waals surface area contributed by atoms with Crippen molar-refractivity contribution in [2.45, 2.75) is 40.5 Å². The smallest absolute Gasteiger partial charge is 0.0115 e. The van der Waals surface area contributed by atoms with Crippen molar-refractivity contribution in [1.29, 1.82) is 0 Å². The molecule has 0 heterocycles. The minimum Gasteiger partial charge on any atom is -0.389 e. The summed E-state index contributed by atoms with van der Waals surface area (Å²) in [6, 6.07) is 6.58. The summed E-state index contributed by atoms with van der Waals surface area (Å²) in [7, 11) is 0. The van der Waals surface area contributed by atoms with E-state index in [-0.39, 0.29) is 0 Å². The van der Waals surface area contributed by atoms with Crippen LogP contribution < -0.4 is 5.32 Å². The van der Waals surface area contributed by atoms with Gasteiger partial charge in [-0.15, -0.1) is 0 Å². The quantitative estimate of drug-likeness (QED) is 0.705. The Morgan fingerprint density at radius 2 is 1.95 bits per heavy atom. The van der Waals surface area contributed by atoms with Crippen LogP contribution >= 0.6 is 0 Å². The topological polar surface area (TPSA) is 12.0 Å². The number of allylic oxidation sites excluding steroid dienone is 4. The maximum atomic E-state index is 4.06. The Morgan fingerprint density at radius 1 is 1.25 bits per heavy atom. The fraction of sp³-hybridized carbons (Fsp3) is 0.368. The largest absolute Gasteiger partial charge is 0.389 e. The highest BCUT2D eigenvalue weighted by molar-refractivity contribution is 5.73. The first-order valence-electron chi connectivity index (χ1n) is 7.33. The summed E-state index contributed by atoms with van der Waals surface area (Å²) in [4.78, 5) is 0. The van der Waals surface area contributed by atoms with Gasteiger partial charge in [-0.25, -0.2) is 0 Å². The maximum Gasteiger partial charge on any atom is 0.0115 e. The molecule has 0 spiro atoms. The zero-order valence-corrected chi connectivity index (χ0v) is 13.3. The molecule has 1 N–H and O–H groups in total. The Morgan fingerprint density at radius 3 is 2.50 bits per heavy atom. The number of hydrogen-bond donors (Lipinski definition) is 1. The van der Waals surface area contributed by atoms with Crippen LogP contribution in [0.15, 0.2) is 43.1 Å². The van der Waals surface area contributed by atoms with Crippen LogP contribution in [0.3, 0.4) is 0 Å². The molecule has 0 aliphatic rings. The summed E-state index contributed by atoms with van der Waals surface area (Å²) in [5, 5.41) is 3.28. The van der Waals surface area contributed by atoms with Crippen molar-refractivity contribution in [3.05, 3.63) is 59.8 Å². The number of nitrogens with one attached hydrogen (secondary N) is 1. The molecule has 108 valence electrons. The average Bonchev–Trinajstić information content (AvgIpc) is 2.41. The molecule has 0 amide bonds. The normalized spacial score (nSPS) is 11.3. The van der Waals surface area contributed by atoms with E-state index in [2.05, 4.69) is 70.4 Å². The van der Waals surface area contributed by atoms with E-state index in [0.29, 0.717) is 0 Å². The van der Waals surface area contributed by atoms with Gasteiger partial charge in [0.25, 0.3) is 0 Å². The van der Waals surface area contributed by atoms with E-state index < -0.39 is 0 Å². The third-order valence-corrected chi connectivity index (χ3v) is 3.55. The molecule has 0 aliphatic heterocycles. The second kappa shape index (κ2) is 7.74. The average molecular weight is 269 g/mol. The van der Waals surface area contributed by atoms with Crippen molar-refractivity contribution < 1.29 is 0 Å². The zero-order valence-electron chi connectivity index (χ0n) is 13.3. The maximum absolute atomic E-state index is 4.06. The molecule has 0 bridgehead atoms. The Balaban J connectivity index is 2.92. The van der Waals surface area contributed by atoms with E-state index in [1.807, 2.05) is 0 Å². The van der Waals surface area contributed by atoms with E-state index in [1.54, 1.807) is 0 Å². The van der Waals surface area contributed by atoms with Gasteiger partial charge in [0.1, 0.15) is 0 Å². The van der Waals surface area contributed by atoms with Gasteiger partial charge in [0.05, 0.1) is 0 Å². The summed E-state index contributed by atoms with van der Waals surface area (Å²) in [5.41, 5.74) is 7.47. The first-order valence-corrected chi connectivity index (χ1v) is 7.33. The molecule has 0 aliphatic carbocycles. The van der Waals surface area contributed by atoms with E-state index >= 15 is 0 Å². The van der Waals surface area contributed by atoms with Crippen molar-refractivity contribution in [3.8, 4) is 0 Å². The molecule has 1 aromatic rings. The van der Waals surface area contributed by atoms with E-state index in [1.165, 1.54) is 22.3 Å². The molecule has 0 saturated carbocycles. The van der Waals surface area contributed by atoms with Crippen LogP contribution in [-0.2, 0) is 0 Å². The molecule has 1 nitrogen and oxygen atoms in total. The van der Waals surface area contributed by atoms with Crippen LogP contribution in [0, 0.1) is 6.92 Å². The van der Waals surface area contributed by atoms with Crippen LogP contribution in [0.1, 0.15) is 50.3 Å². The van der Waals surface area contributed by atoms with Crippen LogP contribution in [0.2, 0.25) is 0 Å². The lowest BCUT2D eigenvalue weighted by Crippen LogP contribution is -2.10. The number of aryl methyl sites for hydroxylation is 1. The van der Waals surface area contributed by atoms with Gasteiger partial charge in [0, 0.05) is 12.2 Å². The first kappa shape index (κ1) is 16.3. The van der Waals surface area contributed by atoms with Crippen LogP contribution in [0.25, 0.3) is 11.1 Å². The molecule has 0 radical (unpaired) electrons. The Hall–Kier alpha value is -1.76. The monoisotopic (exact) mass is 269 g/mol. The second-order valence-corrected chi connectivity index (χ2v) is 5.26. The molecule has 0 atom stereocenters. The SMILES string of the molecule is C=C(CC/C(=C\C)c1cc(C(=C)C)ccc1C)NCC. The van der Waals surface area contributed by atoms with E-state index in [9.17, 15) is 0 Å². The molecular weight excluding hydrogens is 242 g/mol. The molecule has 0 saturated heterocycles. The summed E-state index contributed by atoms with van der Waals surface area (Å²) >= 11 is 0. The highest BCUT2D eigenvalue weighted by Gasteiger charge is 2.07. The highest BCUT2D eigenvalue weighted by Crippen LogP contribution is 2.27. The molecule has 1 aromatic carbocycles. The van der Waals surface area contributed by atoms with E-state index in [4.69, 9.17) is 0 Å². The van der Waals surface area contributed by atoms with Gasteiger partial charge in [0.2, 0.25) is 0 Å². The van der Waals surface area contributed by atoms with Crippen LogP contribution in [0.4, 0.5) is 0 Å². The standard InChI is InChI=1S/C19H27N/c1-7-17(12-10-16(6)20-8-2)19-13-18(14(3)4)11-9-15(19)5/h7,9,11,13,20H,3,6,8,10,12H2,1-2,4-5H3/b17-7+. The summed E-state index contributed by atoms with van der Waals surface area (Å²) in [6.45, 7) is 17.5. The van der Waals surface area contributed by atoms with Gasteiger partial charge in [-0.2, -0.15) is 0 Å². The third kappa shape index (κ3) is 4.41. The molecule has 20 heavy (non-hydrogen) atoms. The summed E-state index contributed by atoms with van der Waals surface area (Å²) in [6.07, 6.45) is 4.21. The third-order valence-electron chi connectivity index (χ3n) is 3.55. The van der Waals surface area contributed by atoms with Crippen molar-refractivity contribution in [2.75, 3.05) is 6.54 Å². The van der Waals surface area contributed by atoms with Gasteiger partial charge in [0.15, 0.2) is 0 Å². The van der Waals surface area contributed by atoms with E-state index in [0.717, 1.165) is 30.7 Å². The lowest BCUT2D eigenvalue weighted by molar-refractivity contribution is 0.790. The Labute approximate surface area is 124 Å². The van der Waals surface area contributed by atoms with Crippen molar-refractivity contribution in [3.63, 3.8) is 0 Å². The van der Waals surface area contributed by atoms with Crippen molar-refractivity contribution in [2.24, 2.45) is 0 Å². The molecule has 1 rings (SSSR count). The van der Waals surface area contributed by atoms with Gasteiger partial charge in [-0.05, 0) is 68.9 Å². The Bertz CT molecular complexity index is 521. The van der Waals surface area contributed by atoms with Gasteiger partial charge in [-0.1, -0.05) is 36.9 Å². The lowest BCUT2D eigenvalue weighted by Gasteiger charge is -2.14. The molecular formula is C19H27N. The summed E-state index contributed by atoms with van der Waals surface area (Å²) < 4.78 is 0. The fourth-order valence-electron chi connectivity index (χ4n) is 2.29. The second-order valence-electron chi connectivity index (χ2n) is 5.26. The molecule has 0 aromatic heterocycles. The van der Waals surface area contributed by atoms with Gasteiger partial charge in [-0.3, -0.25) is 0 Å². The van der Waals surface area contributed by atoms with Crippen molar-refractivity contribution >= 4 is 11.1 Å². The highest BCUT2D eigenvalue weighted by atomic mass is 14.9. The first-order chi connectivity index (χ1) is 9.49. The predicted molar refractivity (Wildman–Crippen MR) is 91.6 cm³/mol. The molecule has 1 heteroatoms. The van der Waals surface area contributed by atoms with Crippen molar-refractivity contribution in [1.82, 2.24) is 5.32 Å². The number of benzene rings is 1. The minimum atomic E-state index is 0.939. The predicted octanol–water partition coefficient (Wildman–Crippen LogP) is 5.33. The fourth-order valence-corrected chi connectivity index (χ4v) is 2.29. The van der Waals surface area contributed by atoms with Crippen LogP contribution in [-0.4, -0.2) is 6.54 Å². The summed E-state index contributed by atoms with van der Waals surface area (Å²) in [5.74, 6) is 0.